The molecule has 0 amide bonds. The van der Waals surface area contributed by atoms with Crippen LogP contribution in [0, 0.1) is 6.92 Å². The summed E-state index contributed by atoms with van der Waals surface area (Å²) in [4.78, 5) is 12.8. The minimum absolute atomic E-state index is 0.720. The lowest BCUT2D eigenvalue weighted by Gasteiger charge is -2.06. The van der Waals surface area contributed by atoms with Gasteiger partial charge in [-0.1, -0.05) is 6.07 Å². The van der Waals surface area contributed by atoms with Crippen LogP contribution in [-0.2, 0) is 6.54 Å². The van der Waals surface area contributed by atoms with Crippen LogP contribution < -0.4 is 5.32 Å². The van der Waals surface area contributed by atoms with Gasteiger partial charge in [0.25, 0.3) is 0 Å². The fourth-order valence-electron chi connectivity index (χ4n) is 1.70. The third-order valence-corrected chi connectivity index (χ3v) is 3.59. The van der Waals surface area contributed by atoms with E-state index in [4.69, 9.17) is 0 Å². The molecule has 0 atom stereocenters. The first-order chi connectivity index (χ1) is 8.83. The van der Waals surface area contributed by atoms with Crippen molar-refractivity contribution in [1.82, 2.24) is 15.0 Å². The molecule has 0 spiro atoms. The fourth-order valence-corrected chi connectivity index (χ4v) is 2.51. The molecule has 0 unspecified atom stereocenters. The van der Waals surface area contributed by atoms with Crippen molar-refractivity contribution in [3.05, 3.63) is 47.4 Å². The average Bonchev–Trinajstić information content (AvgIpc) is 2.87. The van der Waals surface area contributed by atoms with Gasteiger partial charge in [0.15, 0.2) is 0 Å². The van der Waals surface area contributed by atoms with Crippen molar-refractivity contribution < 1.29 is 0 Å². The van der Waals surface area contributed by atoms with Crippen LogP contribution >= 0.6 is 11.3 Å². The van der Waals surface area contributed by atoms with Crippen molar-refractivity contribution in [2.75, 3.05) is 5.32 Å². The largest absolute Gasteiger partial charge is 0.365 e. The molecule has 0 aliphatic rings. The summed E-state index contributed by atoms with van der Waals surface area (Å²) in [5, 5.41) is 5.35. The van der Waals surface area contributed by atoms with Gasteiger partial charge in [-0.2, -0.15) is 0 Å². The summed E-state index contributed by atoms with van der Waals surface area (Å²) in [5.74, 6) is 0.885. The van der Waals surface area contributed by atoms with Crippen molar-refractivity contribution in [2.45, 2.75) is 13.5 Å². The molecule has 0 saturated heterocycles. The molecule has 0 bridgehead atoms. The average molecular weight is 256 g/mol. The molecule has 0 radical (unpaired) electrons. The predicted molar refractivity (Wildman–Crippen MR) is 73.7 cm³/mol. The van der Waals surface area contributed by atoms with E-state index in [1.165, 1.54) is 0 Å². The number of anilines is 1. The van der Waals surface area contributed by atoms with Crippen molar-refractivity contribution in [3.8, 4) is 0 Å². The number of nitrogens with one attached hydrogen (secondary N) is 1. The number of aromatic nitrogens is 3. The smallest absolute Gasteiger partial charge is 0.147 e. The van der Waals surface area contributed by atoms with Gasteiger partial charge in [-0.15, -0.1) is 11.3 Å². The number of aryl methyl sites for hydroxylation is 1. The highest BCUT2D eigenvalue weighted by molar-refractivity contribution is 7.17. The second-order valence-corrected chi connectivity index (χ2v) is 4.93. The maximum atomic E-state index is 4.28. The number of rotatable bonds is 3. The molecule has 18 heavy (non-hydrogen) atoms. The lowest BCUT2D eigenvalue weighted by atomic mass is 10.2. The molecule has 3 heterocycles. The van der Waals surface area contributed by atoms with Crippen LogP contribution in [0.15, 0.2) is 36.1 Å². The second kappa shape index (κ2) is 4.70. The van der Waals surface area contributed by atoms with E-state index in [1.54, 1.807) is 17.7 Å². The SMILES string of the molecule is Cc1ccc(CNc2ncnc3ccsc23)cn1. The zero-order chi connectivity index (χ0) is 12.4. The van der Waals surface area contributed by atoms with Crippen molar-refractivity contribution in [2.24, 2.45) is 0 Å². The van der Waals surface area contributed by atoms with Crippen LogP contribution in [0.2, 0.25) is 0 Å². The standard InChI is InChI=1S/C13H12N4S/c1-9-2-3-10(6-14-9)7-15-13-12-11(4-5-18-12)16-8-17-13/h2-6,8H,7H2,1H3,(H,15,16,17). The number of fused-ring (bicyclic) bond motifs is 1. The van der Waals surface area contributed by atoms with Gasteiger partial charge in [-0.3, -0.25) is 4.98 Å². The minimum Gasteiger partial charge on any atom is -0.365 e. The molecule has 3 aromatic heterocycles. The summed E-state index contributed by atoms with van der Waals surface area (Å²) in [6.45, 7) is 2.70. The number of thiophene rings is 1. The Morgan fingerprint density at radius 2 is 2.11 bits per heavy atom. The van der Waals surface area contributed by atoms with Gasteiger partial charge >= 0.3 is 0 Å². The second-order valence-electron chi connectivity index (χ2n) is 4.02. The van der Waals surface area contributed by atoms with E-state index in [0.717, 1.165) is 33.8 Å². The van der Waals surface area contributed by atoms with E-state index in [0.29, 0.717) is 0 Å². The van der Waals surface area contributed by atoms with E-state index < -0.39 is 0 Å². The molecule has 3 rings (SSSR count). The van der Waals surface area contributed by atoms with Crippen LogP contribution in [-0.4, -0.2) is 15.0 Å². The topological polar surface area (TPSA) is 50.7 Å². The summed E-state index contributed by atoms with van der Waals surface area (Å²) in [6.07, 6.45) is 3.47. The van der Waals surface area contributed by atoms with Crippen molar-refractivity contribution in [1.29, 1.82) is 0 Å². The molecule has 4 nitrogen and oxygen atoms in total. The Labute approximate surface area is 109 Å². The highest BCUT2D eigenvalue weighted by Gasteiger charge is 2.04. The Morgan fingerprint density at radius 1 is 1.17 bits per heavy atom. The highest BCUT2D eigenvalue weighted by atomic mass is 32.1. The summed E-state index contributed by atoms with van der Waals surface area (Å²) >= 11 is 1.65. The molecule has 0 aromatic carbocycles. The molecule has 0 aliphatic carbocycles. The number of hydrogen-bond donors (Lipinski definition) is 1. The Hall–Kier alpha value is -2.01. The highest BCUT2D eigenvalue weighted by Crippen LogP contribution is 2.24. The maximum absolute atomic E-state index is 4.28. The van der Waals surface area contributed by atoms with Crippen LogP contribution in [0.4, 0.5) is 5.82 Å². The zero-order valence-electron chi connectivity index (χ0n) is 9.92. The van der Waals surface area contributed by atoms with Crippen LogP contribution in [0.1, 0.15) is 11.3 Å². The quantitative estimate of drug-likeness (QED) is 0.782. The van der Waals surface area contributed by atoms with Gasteiger partial charge in [-0.25, -0.2) is 9.97 Å². The third-order valence-electron chi connectivity index (χ3n) is 2.68. The Kier molecular flexibility index (Phi) is 2.90. The third kappa shape index (κ3) is 2.17. The first kappa shape index (κ1) is 11.1. The fraction of sp³-hybridized carbons (Fsp3) is 0.154. The van der Waals surface area contributed by atoms with Gasteiger partial charge in [0.1, 0.15) is 12.1 Å². The van der Waals surface area contributed by atoms with Crippen molar-refractivity contribution in [3.63, 3.8) is 0 Å². The Balaban J connectivity index is 1.80. The molecule has 0 aliphatic heterocycles. The number of nitrogens with zero attached hydrogens (tertiary/aromatic N) is 3. The van der Waals surface area contributed by atoms with Crippen LogP contribution in [0.5, 0.6) is 0 Å². The summed E-state index contributed by atoms with van der Waals surface area (Å²) in [5.41, 5.74) is 3.16. The lowest BCUT2D eigenvalue weighted by molar-refractivity contribution is 1.07. The Morgan fingerprint density at radius 3 is 2.94 bits per heavy atom. The monoisotopic (exact) mass is 256 g/mol. The molecular formula is C13H12N4S. The van der Waals surface area contributed by atoms with Gasteiger partial charge in [0, 0.05) is 18.4 Å². The van der Waals surface area contributed by atoms with E-state index in [2.05, 4.69) is 26.3 Å². The minimum atomic E-state index is 0.720. The summed E-state index contributed by atoms with van der Waals surface area (Å²) in [7, 11) is 0. The molecule has 0 fully saturated rings. The van der Waals surface area contributed by atoms with Crippen LogP contribution in [0.25, 0.3) is 10.2 Å². The molecule has 90 valence electrons. The lowest BCUT2D eigenvalue weighted by Crippen LogP contribution is -2.02. The van der Waals surface area contributed by atoms with Gasteiger partial charge in [0.05, 0.1) is 10.2 Å². The molecule has 3 aromatic rings. The number of hydrogen-bond acceptors (Lipinski definition) is 5. The first-order valence-corrected chi connectivity index (χ1v) is 6.54. The van der Waals surface area contributed by atoms with Gasteiger partial charge in [0.2, 0.25) is 0 Å². The van der Waals surface area contributed by atoms with Gasteiger partial charge < -0.3 is 5.32 Å². The zero-order valence-corrected chi connectivity index (χ0v) is 10.7. The van der Waals surface area contributed by atoms with Gasteiger partial charge in [-0.05, 0) is 30.0 Å². The van der Waals surface area contributed by atoms with Crippen molar-refractivity contribution >= 4 is 27.4 Å². The van der Waals surface area contributed by atoms with Crippen LogP contribution in [0.3, 0.4) is 0 Å². The van der Waals surface area contributed by atoms with E-state index >= 15 is 0 Å². The summed E-state index contributed by atoms with van der Waals surface area (Å²) < 4.78 is 1.09. The van der Waals surface area contributed by atoms with E-state index in [9.17, 15) is 0 Å². The summed E-state index contributed by atoms with van der Waals surface area (Å²) in [6, 6.07) is 6.08. The van der Waals surface area contributed by atoms with E-state index in [-0.39, 0.29) is 0 Å². The van der Waals surface area contributed by atoms with E-state index in [1.807, 2.05) is 30.6 Å². The number of pyridine rings is 1. The maximum Gasteiger partial charge on any atom is 0.147 e. The first-order valence-electron chi connectivity index (χ1n) is 5.66. The molecular weight excluding hydrogens is 244 g/mol. The Bertz CT molecular complexity index is 660. The molecule has 5 heteroatoms. The normalized spacial score (nSPS) is 10.7. The molecule has 0 saturated carbocycles. The predicted octanol–water partition coefficient (Wildman–Crippen LogP) is 3.01. The molecule has 1 N–H and O–H groups in total.